The first kappa shape index (κ1) is 26.2. The van der Waals surface area contributed by atoms with Gasteiger partial charge in [0.1, 0.15) is 5.82 Å². The highest BCUT2D eigenvalue weighted by atomic mass is 35.5. The van der Waals surface area contributed by atoms with E-state index in [1.807, 2.05) is 0 Å². The molecule has 3 N–H and O–H groups in total. The number of benzene rings is 1. The molecule has 1 saturated heterocycles. The molecule has 1 fully saturated rings. The van der Waals surface area contributed by atoms with E-state index in [2.05, 4.69) is 20.3 Å². The molecule has 206 valence electrons. The van der Waals surface area contributed by atoms with Crippen LogP contribution < -0.4 is 5.73 Å². The molecule has 1 aromatic carbocycles. The number of imidazole rings is 1. The number of halogens is 5. The van der Waals surface area contributed by atoms with Gasteiger partial charge in [0, 0.05) is 23.9 Å². The molecule has 3 aromatic heterocycles. The summed E-state index contributed by atoms with van der Waals surface area (Å²) in [6, 6.07) is 5.24. The Balaban J connectivity index is 1.31. The van der Waals surface area contributed by atoms with E-state index in [-0.39, 0.29) is 34.8 Å². The van der Waals surface area contributed by atoms with Crippen LogP contribution in [0, 0.1) is 5.82 Å². The normalized spacial score (nSPS) is 19.2. The Morgan fingerprint density at radius 3 is 2.70 bits per heavy atom. The maximum atomic E-state index is 15.4. The van der Waals surface area contributed by atoms with E-state index in [1.165, 1.54) is 29.5 Å². The molecule has 9 nitrogen and oxygen atoms in total. The van der Waals surface area contributed by atoms with Crippen LogP contribution in [0.2, 0.25) is 5.02 Å². The van der Waals surface area contributed by atoms with Gasteiger partial charge in [-0.1, -0.05) is 16.8 Å². The Bertz CT molecular complexity index is 1690. The van der Waals surface area contributed by atoms with Crippen LogP contribution in [0.15, 0.2) is 42.7 Å². The maximum Gasteiger partial charge on any atom is 0.436 e. The van der Waals surface area contributed by atoms with Gasteiger partial charge in [0.05, 0.1) is 38.4 Å². The third-order valence-electron chi connectivity index (χ3n) is 6.95. The van der Waals surface area contributed by atoms with E-state index >= 15 is 4.39 Å². The first-order valence-corrected chi connectivity index (χ1v) is 13.2. The van der Waals surface area contributed by atoms with E-state index in [4.69, 9.17) is 17.3 Å². The molecule has 0 spiro atoms. The number of nitrogens with zero attached hydrogens (tertiary/aromatic N) is 5. The number of alkyl halides is 3. The minimum absolute atomic E-state index is 0.0195. The number of hydrogen-bond donors (Lipinski definition) is 2. The molecule has 2 aliphatic heterocycles. The molecular formula is C25H18ClF4N7O2S. The third-order valence-corrected chi connectivity index (χ3v) is 8.36. The monoisotopic (exact) mass is 591 g/mol. The summed E-state index contributed by atoms with van der Waals surface area (Å²) < 4.78 is 55.6. The van der Waals surface area contributed by atoms with Gasteiger partial charge in [-0.25, -0.2) is 14.1 Å². The number of aromatic nitrogens is 5. The largest absolute Gasteiger partial charge is 0.436 e. The van der Waals surface area contributed by atoms with Crippen molar-refractivity contribution in [2.24, 2.45) is 5.73 Å². The first-order valence-electron chi connectivity index (χ1n) is 12.0. The molecule has 0 saturated carbocycles. The van der Waals surface area contributed by atoms with Crippen molar-refractivity contribution in [2.75, 3.05) is 0 Å². The summed E-state index contributed by atoms with van der Waals surface area (Å²) in [5, 5.41) is 6.44. The van der Waals surface area contributed by atoms with Crippen LogP contribution in [0.3, 0.4) is 0 Å². The van der Waals surface area contributed by atoms with Crippen LogP contribution in [-0.2, 0) is 11.0 Å². The fraction of sp³-hybridized carbons (Fsp3) is 0.240. The number of hydrogen-bond acceptors (Lipinski definition) is 6. The van der Waals surface area contributed by atoms with Crippen LogP contribution >= 0.6 is 22.9 Å². The average molecular weight is 592 g/mol. The number of nitrogens with one attached hydrogen (secondary N) is 1. The topological polar surface area (TPSA) is 123 Å². The van der Waals surface area contributed by atoms with Crippen molar-refractivity contribution in [3.05, 3.63) is 75.5 Å². The average Bonchev–Trinajstić information content (AvgIpc) is 3.70. The second-order valence-electron chi connectivity index (χ2n) is 9.37. The van der Waals surface area contributed by atoms with Crippen molar-refractivity contribution in [1.82, 2.24) is 29.9 Å². The first-order chi connectivity index (χ1) is 19.0. The number of carbonyl (C=O) groups is 2. The smallest absolute Gasteiger partial charge is 0.365 e. The van der Waals surface area contributed by atoms with Crippen molar-refractivity contribution < 1.29 is 27.2 Å². The number of H-pyrrole nitrogens is 1. The SMILES string of the molecule is NC(=O)c1ccc(-c2c[nH]c([C@@H]3CC[C@@H]4CC(c5c(-n6cc(C(F)(F)F)nn6)ccc(Cl)c5F)=CC(=O)N43)n2)s1. The molecule has 6 rings (SSSR count). The number of fused-ring (bicyclic) bond motifs is 1. The van der Waals surface area contributed by atoms with Crippen molar-refractivity contribution in [3.8, 4) is 16.3 Å². The lowest BCUT2D eigenvalue weighted by Crippen LogP contribution is -2.39. The highest BCUT2D eigenvalue weighted by molar-refractivity contribution is 7.17. The summed E-state index contributed by atoms with van der Waals surface area (Å²) in [6.07, 6.45) is 0.310. The Morgan fingerprint density at radius 1 is 1.20 bits per heavy atom. The Labute approximate surface area is 232 Å². The van der Waals surface area contributed by atoms with Crippen molar-refractivity contribution in [1.29, 1.82) is 0 Å². The molecule has 2 amide bonds. The summed E-state index contributed by atoms with van der Waals surface area (Å²) in [4.78, 5) is 35.4. The lowest BCUT2D eigenvalue weighted by molar-refractivity contribution is -0.141. The number of aromatic amines is 1. The molecule has 0 unspecified atom stereocenters. The van der Waals surface area contributed by atoms with Crippen LogP contribution in [0.25, 0.3) is 21.8 Å². The number of primary amides is 1. The molecule has 4 aromatic rings. The fourth-order valence-corrected chi connectivity index (χ4v) is 6.16. The summed E-state index contributed by atoms with van der Waals surface area (Å²) in [6.45, 7) is 0. The molecule has 2 aliphatic rings. The van der Waals surface area contributed by atoms with Crippen LogP contribution in [0.1, 0.15) is 52.1 Å². The molecule has 40 heavy (non-hydrogen) atoms. The number of carbonyl (C=O) groups excluding carboxylic acids is 2. The summed E-state index contributed by atoms with van der Waals surface area (Å²) >= 11 is 7.24. The molecule has 0 radical (unpaired) electrons. The van der Waals surface area contributed by atoms with Gasteiger partial charge in [-0.2, -0.15) is 13.2 Å². The van der Waals surface area contributed by atoms with E-state index in [1.54, 1.807) is 23.2 Å². The van der Waals surface area contributed by atoms with Crippen LogP contribution in [0.4, 0.5) is 17.6 Å². The van der Waals surface area contributed by atoms with Crippen LogP contribution in [0.5, 0.6) is 0 Å². The Morgan fingerprint density at radius 2 is 2.00 bits per heavy atom. The van der Waals surface area contributed by atoms with Gasteiger partial charge in [-0.05, 0) is 49.1 Å². The molecule has 0 aliphatic carbocycles. The number of rotatable bonds is 5. The minimum atomic E-state index is -4.73. The summed E-state index contributed by atoms with van der Waals surface area (Å²) in [7, 11) is 0. The third kappa shape index (κ3) is 4.46. The minimum Gasteiger partial charge on any atom is -0.365 e. The molecular weight excluding hydrogens is 574 g/mol. The van der Waals surface area contributed by atoms with E-state index < -0.39 is 29.5 Å². The van der Waals surface area contributed by atoms with Gasteiger partial charge < -0.3 is 15.6 Å². The van der Waals surface area contributed by atoms with Gasteiger partial charge in [-0.3, -0.25) is 9.59 Å². The standard InChI is InChI=1S/C25H18ClF4N7O2S/c26-13-2-4-15(36-10-19(34-35-36)25(28,29)30)21(22(13)27)11-7-12-1-3-16(37(12)20(38)8-11)24-32-9-14(33-24)17-5-6-18(40-17)23(31)39/h2,4-6,8-10,12,16H,1,3,7H2,(H2,31,39)(H,32,33)/t12-,16+/m1/s1. The molecule has 15 heteroatoms. The van der Waals surface area contributed by atoms with Crippen molar-refractivity contribution in [3.63, 3.8) is 0 Å². The summed E-state index contributed by atoms with van der Waals surface area (Å²) in [5.74, 6) is -1.23. The zero-order chi connectivity index (χ0) is 28.3. The van der Waals surface area contributed by atoms with Gasteiger partial charge >= 0.3 is 6.18 Å². The summed E-state index contributed by atoms with van der Waals surface area (Å²) in [5.41, 5.74) is 4.88. The number of thiophene rings is 1. The zero-order valence-electron chi connectivity index (χ0n) is 20.2. The van der Waals surface area contributed by atoms with Gasteiger partial charge in [0.25, 0.3) is 5.91 Å². The van der Waals surface area contributed by atoms with Gasteiger partial charge in [-0.15, -0.1) is 16.4 Å². The Kier molecular flexibility index (Phi) is 6.26. The molecule has 5 heterocycles. The van der Waals surface area contributed by atoms with E-state index in [9.17, 15) is 22.8 Å². The second-order valence-corrected chi connectivity index (χ2v) is 10.9. The predicted octanol–water partition coefficient (Wildman–Crippen LogP) is 5.15. The van der Waals surface area contributed by atoms with Crippen molar-refractivity contribution in [2.45, 2.75) is 37.5 Å². The quantitative estimate of drug-likeness (QED) is 0.311. The number of amides is 2. The van der Waals surface area contributed by atoms with E-state index in [0.717, 1.165) is 9.56 Å². The number of nitrogens with two attached hydrogens (primary N) is 1. The van der Waals surface area contributed by atoms with Gasteiger partial charge in [0.15, 0.2) is 11.5 Å². The van der Waals surface area contributed by atoms with Gasteiger partial charge in [0.2, 0.25) is 5.91 Å². The lowest BCUT2D eigenvalue weighted by atomic mass is 9.92. The fourth-order valence-electron chi connectivity index (χ4n) is 5.19. The molecule has 2 atom stereocenters. The predicted molar refractivity (Wildman–Crippen MR) is 137 cm³/mol. The van der Waals surface area contributed by atoms with Crippen molar-refractivity contribution >= 4 is 40.3 Å². The lowest BCUT2D eigenvalue weighted by Gasteiger charge is -2.33. The molecule has 0 bridgehead atoms. The zero-order valence-corrected chi connectivity index (χ0v) is 21.8. The van der Waals surface area contributed by atoms with Crippen LogP contribution in [-0.4, -0.2) is 47.7 Å². The second kappa shape index (κ2) is 9.55. The highest BCUT2D eigenvalue weighted by Crippen LogP contribution is 2.44. The maximum absolute atomic E-state index is 15.4. The Hall–Kier alpha value is -4.04. The highest BCUT2D eigenvalue weighted by Gasteiger charge is 2.42. The van der Waals surface area contributed by atoms with E-state index in [0.29, 0.717) is 41.0 Å².